The van der Waals surface area contributed by atoms with Crippen molar-refractivity contribution in [3.63, 3.8) is 0 Å². The van der Waals surface area contributed by atoms with E-state index in [1.807, 2.05) is 24.3 Å². The van der Waals surface area contributed by atoms with Crippen molar-refractivity contribution >= 4 is 5.69 Å². The molecule has 2 aliphatic rings. The maximum atomic E-state index is 6.54. The molecule has 0 spiro atoms. The molecule has 8 heteroatoms. The molecular formula is C34H44N2O6. The molecule has 0 radical (unpaired) electrons. The topological polar surface area (TPSA) is 70.7 Å². The predicted molar refractivity (Wildman–Crippen MR) is 164 cm³/mol. The Morgan fingerprint density at radius 3 is 2.55 bits per heavy atom. The fourth-order valence-electron chi connectivity index (χ4n) is 5.57. The third-order valence-corrected chi connectivity index (χ3v) is 7.83. The molecule has 0 bridgehead atoms. The molecule has 1 saturated heterocycles. The molecule has 226 valence electrons. The van der Waals surface area contributed by atoms with Gasteiger partial charge in [-0.05, 0) is 66.9 Å². The molecule has 2 atom stereocenters. The first-order chi connectivity index (χ1) is 20.7. The summed E-state index contributed by atoms with van der Waals surface area (Å²) in [7, 11) is 3.41. The van der Waals surface area contributed by atoms with Gasteiger partial charge in [0.2, 0.25) is 0 Å². The Labute approximate surface area is 249 Å². The minimum atomic E-state index is 0.101. The lowest BCUT2D eigenvalue weighted by atomic mass is 9.87. The average molecular weight is 577 g/mol. The summed E-state index contributed by atoms with van der Waals surface area (Å²) in [6, 6.07) is 22.6. The molecule has 2 heterocycles. The smallest absolute Gasteiger partial charge is 0.142 e. The maximum absolute atomic E-state index is 6.54. The van der Waals surface area contributed by atoms with Crippen LogP contribution >= 0.6 is 0 Å². The second-order valence-corrected chi connectivity index (χ2v) is 10.7. The number of methoxy groups -OCH3 is 2. The molecule has 2 aliphatic heterocycles. The first-order valence-corrected chi connectivity index (χ1v) is 15.0. The Morgan fingerprint density at radius 1 is 0.881 bits per heavy atom. The van der Waals surface area contributed by atoms with Gasteiger partial charge in [0.1, 0.15) is 29.6 Å². The molecule has 0 saturated carbocycles. The van der Waals surface area contributed by atoms with Gasteiger partial charge in [-0.1, -0.05) is 24.3 Å². The molecule has 0 aromatic heterocycles. The van der Waals surface area contributed by atoms with Crippen LogP contribution in [0.4, 0.5) is 5.69 Å². The highest BCUT2D eigenvalue weighted by molar-refractivity contribution is 5.61. The number of nitrogens with zero attached hydrogens (tertiary/aromatic N) is 1. The standard InChI is InChI=1S/C34H44N2O6/c1-37-18-4-16-36-17-21-41-33-13-8-26(22-32(33)36)25-42-34-24-35-15-14-31(34)27-9-11-28(12-10-27)39-19-5-20-40-30-7-3-6-29(23-30)38-2/h3,6-13,22-23,31,34-35H,4-5,14-21,24-25H2,1-2H3/t31-,34?/m1/s1. The van der Waals surface area contributed by atoms with Gasteiger partial charge in [-0.25, -0.2) is 0 Å². The van der Waals surface area contributed by atoms with Crippen molar-refractivity contribution < 1.29 is 28.4 Å². The number of rotatable bonds is 15. The van der Waals surface area contributed by atoms with Gasteiger partial charge < -0.3 is 38.6 Å². The fraction of sp³-hybridized carbons (Fsp3) is 0.471. The van der Waals surface area contributed by atoms with E-state index in [4.69, 9.17) is 28.4 Å². The van der Waals surface area contributed by atoms with Gasteiger partial charge in [0.15, 0.2) is 0 Å². The summed E-state index contributed by atoms with van der Waals surface area (Å²) in [6.07, 6.45) is 2.93. The SMILES string of the molecule is COCCCN1CCOc2ccc(COC3CNCC[C@@H]3c3ccc(OCCCOc4cccc(OC)c4)cc3)cc21. The number of hydrogen-bond acceptors (Lipinski definition) is 8. The second-order valence-electron chi connectivity index (χ2n) is 10.7. The lowest BCUT2D eigenvalue weighted by Crippen LogP contribution is -2.41. The van der Waals surface area contributed by atoms with E-state index in [-0.39, 0.29) is 6.10 Å². The summed E-state index contributed by atoms with van der Waals surface area (Å²) < 4.78 is 34.7. The molecule has 0 amide bonds. The van der Waals surface area contributed by atoms with Gasteiger partial charge in [0, 0.05) is 45.2 Å². The van der Waals surface area contributed by atoms with Crippen LogP contribution in [0.1, 0.15) is 36.3 Å². The molecule has 1 unspecified atom stereocenters. The highest BCUT2D eigenvalue weighted by atomic mass is 16.5. The van der Waals surface area contributed by atoms with Crippen molar-refractivity contribution in [2.24, 2.45) is 0 Å². The summed E-state index contributed by atoms with van der Waals surface area (Å²) in [5, 5.41) is 3.52. The van der Waals surface area contributed by atoms with Gasteiger partial charge in [0.05, 0.1) is 45.3 Å². The Morgan fingerprint density at radius 2 is 1.71 bits per heavy atom. The molecule has 42 heavy (non-hydrogen) atoms. The Balaban J connectivity index is 1.10. The first kappa shape index (κ1) is 30.0. The van der Waals surface area contributed by atoms with Gasteiger partial charge in [-0.2, -0.15) is 0 Å². The zero-order chi connectivity index (χ0) is 29.0. The Kier molecular flexibility index (Phi) is 11.2. The first-order valence-electron chi connectivity index (χ1n) is 15.0. The van der Waals surface area contributed by atoms with E-state index in [0.29, 0.717) is 32.3 Å². The van der Waals surface area contributed by atoms with E-state index in [0.717, 1.165) is 80.7 Å². The number of ether oxygens (including phenoxy) is 6. The lowest BCUT2D eigenvalue weighted by molar-refractivity contribution is 0.0106. The maximum Gasteiger partial charge on any atom is 0.142 e. The number of hydrogen-bond donors (Lipinski definition) is 1. The third kappa shape index (κ3) is 8.31. The Hall–Kier alpha value is -3.46. The van der Waals surface area contributed by atoms with Crippen molar-refractivity contribution in [3.05, 3.63) is 77.9 Å². The minimum Gasteiger partial charge on any atom is -0.497 e. The van der Waals surface area contributed by atoms with Crippen LogP contribution in [-0.2, 0) is 16.1 Å². The van der Waals surface area contributed by atoms with E-state index >= 15 is 0 Å². The van der Waals surface area contributed by atoms with Crippen LogP contribution in [-0.4, -0.2) is 72.9 Å². The van der Waals surface area contributed by atoms with Crippen LogP contribution in [0.5, 0.6) is 23.0 Å². The van der Waals surface area contributed by atoms with Gasteiger partial charge in [-0.3, -0.25) is 0 Å². The van der Waals surface area contributed by atoms with E-state index in [1.54, 1.807) is 14.2 Å². The molecule has 0 aliphatic carbocycles. The van der Waals surface area contributed by atoms with E-state index in [1.165, 1.54) is 11.1 Å². The fourth-order valence-corrected chi connectivity index (χ4v) is 5.57. The molecule has 1 N–H and O–H groups in total. The summed E-state index contributed by atoms with van der Waals surface area (Å²) in [5.41, 5.74) is 3.61. The largest absolute Gasteiger partial charge is 0.497 e. The van der Waals surface area contributed by atoms with Crippen LogP contribution in [0.2, 0.25) is 0 Å². The van der Waals surface area contributed by atoms with E-state index in [2.05, 4.69) is 52.7 Å². The molecule has 8 nitrogen and oxygen atoms in total. The van der Waals surface area contributed by atoms with Gasteiger partial charge in [0.25, 0.3) is 0 Å². The molecule has 3 aromatic carbocycles. The van der Waals surface area contributed by atoms with Crippen LogP contribution in [0, 0.1) is 0 Å². The third-order valence-electron chi connectivity index (χ3n) is 7.83. The Bertz CT molecular complexity index is 1240. The number of anilines is 1. The summed E-state index contributed by atoms with van der Waals surface area (Å²) in [6.45, 7) is 6.91. The lowest BCUT2D eigenvalue weighted by Gasteiger charge is -2.33. The van der Waals surface area contributed by atoms with Crippen LogP contribution in [0.25, 0.3) is 0 Å². The van der Waals surface area contributed by atoms with E-state index in [9.17, 15) is 0 Å². The highest BCUT2D eigenvalue weighted by Gasteiger charge is 2.27. The number of benzene rings is 3. The van der Waals surface area contributed by atoms with Crippen molar-refractivity contribution in [1.29, 1.82) is 0 Å². The summed E-state index contributed by atoms with van der Waals surface area (Å²) in [5.74, 6) is 3.75. The van der Waals surface area contributed by atoms with Crippen molar-refractivity contribution in [2.75, 3.05) is 71.7 Å². The van der Waals surface area contributed by atoms with Crippen molar-refractivity contribution in [3.8, 4) is 23.0 Å². The normalized spacial score (nSPS) is 18.2. The predicted octanol–water partition coefficient (Wildman–Crippen LogP) is 5.44. The molecule has 1 fully saturated rings. The number of nitrogens with one attached hydrogen (secondary N) is 1. The number of piperidine rings is 1. The van der Waals surface area contributed by atoms with Gasteiger partial charge in [-0.15, -0.1) is 0 Å². The van der Waals surface area contributed by atoms with Crippen LogP contribution < -0.4 is 29.2 Å². The zero-order valence-electron chi connectivity index (χ0n) is 24.9. The average Bonchev–Trinajstić information content (AvgIpc) is 3.04. The van der Waals surface area contributed by atoms with E-state index < -0.39 is 0 Å². The summed E-state index contributed by atoms with van der Waals surface area (Å²) in [4.78, 5) is 2.39. The quantitative estimate of drug-likeness (QED) is 0.240. The highest BCUT2D eigenvalue weighted by Crippen LogP contribution is 2.34. The van der Waals surface area contributed by atoms with Crippen LogP contribution in [0.15, 0.2) is 66.7 Å². The van der Waals surface area contributed by atoms with Gasteiger partial charge >= 0.3 is 0 Å². The molecule has 3 aromatic rings. The van der Waals surface area contributed by atoms with Crippen LogP contribution in [0.3, 0.4) is 0 Å². The molecular weight excluding hydrogens is 532 g/mol. The van der Waals surface area contributed by atoms with Crippen molar-refractivity contribution in [2.45, 2.75) is 37.9 Å². The zero-order valence-corrected chi connectivity index (χ0v) is 24.9. The summed E-state index contributed by atoms with van der Waals surface area (Å²) >= 11 is 0. The second kappa shape index (κ2) is 15.7. The van der Waals surface area contributed by atoms with Crippen molar-refractivity contribution in [1.82, 2.24) is 5.32 Å². The molecule has 5 rings (SSSR count). The number of fused-ring (bicyclic) bond motifs is 1. The minimum absolute atomic E-state index is 0.101. The monoisotopic (exact) mass is 576 g/mol.